The SMILES string of the molecule is CCSc1cccc(Nc2ccc(C#N)c(Cl)c2)c1C#N. The highest BCUT2D eigenvalue weighted by atomic mass is 35.5. The fourth-order valence-electron chi connectivity index (χ4n) is 1.87. The smallest absolute Gasteiger partial charge is 0.103 e. The molecule has 2 aromatic carbocycles. The Morgan fingerprint density at radius 3 is 2.62 bits per heavy atom. The Hall–Kier alpha value is -2.14. The van der Waals surface area contributed by atoms with Crippen molar-refractivity contribution in [2.24, 2.45) is 0 Å². The molecule has 0 unspecified atom stereocenters. The third kappa shape index (κ3) is 3.49. The lowest BCUT2D eigenvalue weighted by Gasteiger charge is -2.11. The molecule has 0 spiro atoms. The maximum absolute atomic E-state index is 9.37. The maximum Gasteiger partial charge on any atom is 0.103 e. The molecule has 0 bridgehead atoms. The van der Waals surface area contributed by atoms with E-state index in [2.05, 4.69) is 11.4 Å². The van der Waals surface area contributed by atoms with E-state index >= 15 is 0 Å². The highest BCUT2D eigenvalue weighted by Crippen LogP contribution is 2.30. The third-order valence-electron chi connectivity index (χ3n) is 2.81. The van der Waals surface area contributed by atoms with Crippen molar-refractivity contribution in [3.8, 4) is 12.1 Å². The zero-order valence-corrected chi connectivity index (χ0v) is 12.9. The van der Waals surface area contributed by atoms with Crippen molar-refractivity contribution in [3.63, 3.8) is 0 Å². The van der Waals surface area contributed by atoms with E-state index in [1.165, 1.54) is 0 Å². The molecule has 0 atom stereocenters. The van der Waals surface area contributed by atoms with E-state index in [0.717, 1.165) is 22.0 Å². The molecule has 0 aliphatic heterocycles. The Bertz CT molecular complexity index is 744. The normalized spacial score (nSPS) is 9.71. The first-order chi connectivity index (χ1) is 10.2. The van der Waals surface area contributed by atoms with Crippen molar-refractivity contribution in [2.75, 3.05) is 11.1 Å². The molecule has 1 N–H and O–H groups in total. The molecule has 2 rings (SSSR count). The standard InChI is InChI=1S/C16H12ClN3S/c1-2-21-16-5-3-4-15(13(16)10-19)20-12-7-6-11(9-18)14(17)8-12/h3-8,20H,2H2,1H3. The minimum absolute atomic E-state index is 0.389. The van der Waals surface area contributed by atoms with Gasteiger partial charge in [0.05, 0.1) is 21.8 Å². The molecule has 0 aromatic heterocycles. The van der Waals surface area contributed by atoms with Crippen LogP contribution in [0.25, 0.3) is 0 Å². The van der Waals surface area contributed by atoms with Gasteiger partial charge < -0.3 is 5.32 Å². The van der Waals surface area contributed by atoms with Gasteiger partial charge in [-0.15, -0.1) is 11.8 Å². The van der Waals surface area contributed by atoms with Crippen LogP contribution in [0.4, 0.5) is 11.4 Å². The number of nitrogens with one attached hydrogen (secondary N) is 1. The van der Waals surface area contributed by atoms with E-state index in [0.29, 0.717) is 16.1 Å². The van der Waals surface area contributed by atoms with Crippen LogP contribution in [0.3, 0.4) is 0 Å². The first-order valence-corrected chi connectivity index (χ1v) is 7.68. The topological polar surface area (TPSA) is 59.6 Å². The van der Waals surface area contributed by atoms with E-state index in [1.807, 2.05) is 31.2 Å². The summed E-state index contributed by atoms with van der Waals surface area (Å²) >= 11 is 7.65. The number of anilines is 2. The van der Waals surface area contributed by atoms with Gasteiger partial charge in [-0.1, -0.05) is 24.6 Å². The van der Waals surface area contributed by atoms with Crippen molar-refractivity contribution in [3.05, 3.63) is 52.5 Å². The molecule has 5 heteroatoms. The Morgan fingerprint density at radius 2 is 2.00 bits per heavy atom. The van der Waals surface area contributed by atoms with E-state index in [9.17, 15) is 5.26 Å². The molecule has 0 aliphatic carbocycles. The van der Waals surface area contributed by atoms with Gasteiger partial charge >= 0.3 is 0 Å². The quantitative estimate of drug-likeness (QED) is 0.812. The Kier molecular flexibility index (Phi) is 5.11. The summed E-state index contributed by atoms with van der Waals surface area (Å²) in [4.78, 5) is 0.949. The minimum Gasteiger partial charge on any atom is -0.354 e. The molecule has 0 saturated heterocycles. The summed E-state index contributed by atoms with van der Waals surface area (Å²) in [7, 11) is 0. The van der Waals surface area contributed by atoms with Crippen LogP contribution < -0.4 is 5.32 Å². The highest BCUT2D eigenvalue weighted by Gasteiger charge is 2.09. The zero-order chi connectivity index (χ0) is 15.2. The molecular weight excluding hydrogens is 302 g/mol. The summed E-state index contributed by atoms with van der Waals surface area (Å²) in [5, 5.41) is 21.8. The van der Waals surface area contributed by atoms with E-state index in [1.54, 1.807) is 30.0 Å². The molecule has 104 valence electrons. The van der Waals surface area contributed by atoms with Crippen LogP contribution in [0, 0.1) is 22.7 Å². The molecule has 2 aromatic rings. The van der Waals surface area contributed by atoms with Crippen molar-refractivity contribution in [2.45, 2.75) is 11.8 Å². The van der Waals surface area contributed by atoms with Crippen molar-refractivity contribution >= 4 is 34.7 Å². The van der Waals surface area contributed by atoms with Gasteiger partial charge in [0, 0.05) is 10.6 Å². The number of benzene rings is 2. The van der Waals surface area contributed by atoms with Crippen molar-refractivity contribution in [1.29, 1.82) is 10.5 Å². The molecule has 3 nitrogen and oxygen atoms in total. The number of hydrogen-bond donors (Lipinski definition) is 1. The lowest BCUT2D eigenvalue weighted by atomic mass is 10.1. The molecule has 0 heterocycles. The van der Waals surface area contributed by atoms with Gasteiger partial charge in [0.25, 0.3) is 0 Å². The fraction of sp³-hybridized carbons (Fsp3) is 0.125. The van der Waals surface area contributed by atoms with Gasteiger partial charge in [0.1, 0.15) is 12.1 Å². The number of nitrogens with zero attached hydrogens (tertiary/aromatic N) is 2. The lowest BCUT2D eigenvalue weighted by Crippen LogP contribution is -1.95. The Morgan fingerprint density at radius 1 is 1.19 bits per heavy atom. The molecule has 21 heavy (non-hydrogen) atoms. The van der Waals surface area contributed by atoms with Crippen molar-refractivity contribution < 1.29 is 0 Å². The molecule has 0 saturated carbocycles. The second kappa shape index (κ2) is 7.04. The number of thioether (sulfide) groups is 1. The van der Waals surface area contributed by atoms with Gasteiger partial charge in [-0.25, -0.2) is 0 Å². The van der Waals surface area contributed by atoms with Crippen LogP contribution in [0.15, 0.2) is 41.3 Å². The molecule has 0 aliphatic rings. The second-order valence-corrected chi connectivity index (χ2v) is 5.87. The van der Waals surface area contributed by atoms with Crippen molar-refractivity contribution in [1.82, 2.24) is 0 Å². The minimum atomic E-state index is 0.389. The van der Waals surface area contributed by atoms with E-state index < -0.39 is 0 Å². The Balaban J connectivity index is 2.36. The molecule has 0 radical (unpaired) electrons. The molecule has 0 amide bonds. The number of halogens is 1. The van der Waals surface area contributed by atoms with Crippen LogP contribution in [0.5, 0.6) is 0 Å². The van der Waals surface area contributed by atoms with Gasteiger partial charge in [-0.3, -0.25) is 0 Å². The number of rotatable bonds is 4. The molecular formula is C16H12ClN3S. The average Bonchev–Trinajstić information content (AvgIpc) is 2.48. The largest absolute Gasteiger partial charge is 0.354 e. The van der Waals surface area contributed by atoms with Gasteiger partial charge in [-0.05, 0) is 36.1 Å². The van der Waals surface area contributed by atoms with Crippen LogP contribution in [-0.2, 0) is 0 Å². The van der Waals surface area contributed by atoms with Crippen LogP contribution >= 0.6 is 23.4 Å². The first-order valence-electron chi connectivity index (χ1n) is 6.32. The second-order valence-electron chi connectivity index (χ2n) is 4.15. The maximum atomic E-state index is 9.37. The van der Waals surface area contributed by atoms with Gasteiger partial charge in [-0.2, -0.15) is 10.5 Å². The zero-order valence-electron chi connectivity index (χ0n) is 11.4. The summed E-state index contributed by atoms with van der Waals surface area (Å²) in [5.41, 5.74) is 2.52. The van der Waals surface area contributed by atoms with E-state index in [-0.39, 0.29) is 0 Å². The predicted octanol–water partition coefficient (Wildman–Crippen LogP) is 4.94. The van der Waals surface area contributed by atoms with E-state index in [4.69, 9.17) is 16.9 Å². The Labute approximate surface area is 133 Å². The third-order valence-corrected chi connectivity index (χ3v) is 4.06. The number of hydrogen-bond acceptors (Lipinski definition) is 4. The fourth-order valence-corrected chi connectivity index (χ4v) is 2.87. The van der Waals surface area contributed by atoms with Gasteiger partial charge in [0.2, 0.25) is 0 Å². The van der Waals surface area contributed by atoms with Crippen LogP contribution in [0.1, 0.15) is 18.1 Å². The first kappa shape index (κ1) is 15.3. The highest BCUT2D eigenvalue weighted by molar-refractivity contribution is 7.99. The summed E-state index contributed by atoms with van der Waals surface area (Å²) in [6.45, 7) is 2.05. The van der Waals surface area contributed by atoms with Crippen LogP contribution in [-0.4, -0.2) is 5.75 Å². The summed E-state index contributed by atoms with van der Waals surface area (Å²) in [6, 6.07) is 15.1. The number of nitriles is 2. The van der Waals surface area contributed by atoms with Crippen LogP contribution in [0.2, 0.25) is 5.02 Å². The summed E-state index contributed by atoms with van der Waals surface area (Å²) in [6.07, 6.45) is 0. The lowest BCUT2D eigenvalue weighted by molar-refractivity contribution is 1.34. The predicted molar refractivity (Wildman–Crippen MR) is 87.0 cm³/mol. The summed E-state index contributed by atoms with van der Waals surface area (Å²) in [5.74, 6) is 0.904. The summed E-state index contributed by atoms with van der Waals surface area (Å²) < 4.78 is 0. The van der Waals surface area contributed by atoms with Gasteiger partial charge in [0.15, 0.2) is 0 Å². The average molecular weight is 314 g/mol. The monoisotopic (exact) mass is 313 g/mol. The molecule has 0 fully saturated rings.